The summed E-state index contributed by atoms with van der Waals surface area (Å²) in [7, 11) is 1.03. The second-order valence-electron chi connectivity index (χ2n) is 7.85. The zero-order chi connectivity index (χ0) is 25.4. The van der Waals surface area contributed by atoms with Crippen molar-refractivity contribution in [3.8, 4) is 5.75 Å². The minimum Gasteiger partial charge on any atom is -0.493 e. The number of halogens is 5. The average Bonchev–Trinajstić information content (AvgIpc) is 3.02. The molecule has 0 aliphatic carbocycles. The fourth-order valence-electron chi connectivity index (χ4n) is 3.96. The standard InChI is InChI=1S/C21H21F5N4O4/c1-9-14(11-4-5-12(22)15(23)16(11)33-3)17(34-20(9,2)21(24,25)26)18(31)29-10-6-7-28-13(8-10)30-19(27)32/h4-9,14,17H,1-3H3,(H4,27,28,29,30,31,32)/t9-,14-,17+,20+/m0/s1. The van der Waals surface area contributed by atoms with Crippen LogP contribution < -0.4 is 21.1 Å². The van der Waals surface area contributed by atoms with Gasteiger partial charge >= 0.3 is 12.2 Å². The van der Waals surface area contributed by atoms with Crippen LogP contribution in [0.3, 0.4) is 0 Å². The first-order valence-corrected chi connectivity index (χ1v) is 9.90. The zero-order valence-corrected chi connectivity index (χ0v) is 18.2. The number of methoxy groups -OCH3 is 1. The molecule has 4 atom stereocenters. The Balaban J connectivity index is 2.04. The number of aromatic nitrogens is 1. The Morgan fingerprint density at radius 2 is 1.88 bits per heavy atom. The zero-order valence-electron chi connectivity index (χ0n) is 18.2. The van der Waals surface area contributed by atoms with E-state index in [-0.39, 0.29) is 17.1 Å². The summed E-state index contributed by atoms with van der Waals surface area (Å²) in [6.45, 7) is 1.99. The number of amides is 3. The molecule has 0 unspecified atom stereocenters. The molecule has 1 aromatic carbocycles. The van der Waals surface area contributed by atoms with Gasteiger partial charge in [0, 0.05) is 35.3 Å². The first-order valence-electron chi connectivity index (χ1n) is 9.90. The van der Waals surface area contributed by atoms with Gasteiger partial charge in [0.1, 0.15) is 11.9 Å². The summed E-state index contributed by atoms with van der Waals surface area (Å²) in [5, 5.41) is 4.59. The van der Waals surface area contributed by atoms with Crippen molar-refractivity contribution in [1.29, 1.82) is 0 Å². The predicted octanol–water partition coefficient (Wildman–Crippen LogP) is 3.94. The number of hydrogen-bond donors (Lipinski definition) is 3. The van der Waals surface area contributed by atoms with Gasteiger partial charge in [-0.3, -0.25) is 10.1 Å². The number of carbonyl (C=O) groups excluding carboxylic acids is 2. The van der Waals surface area contributed by atoms with Gasteiger partial charge in [-0.15, -0.1) is 0 Å². The van der Waals surface area contributed by atoms with Crippen molar-refractivity contribution in [3.05, 3.63) is 47.7 Å². The van der Waals surface area contributed by atoms with Crippen molar-refractivity contribution in [2.24, 2.45) is 11.7 Å². The largest absolute Gasteiger partial charge is 0.493 e. The highest BCUT2D eigenvalue weighted by Gasteiger charge is 2.65. The minimum atomic E-state index is -4.89. The average molecular weight is 488 g/mol. The van der Waals surface area contributed by atoms with Crippen LogP contribution in [-0.4, -0.2) is 41.9 Å². The van der Waals surface area contributed by atoms with Gasteiger partial charge in [0.15, 0.2) is 17.2 Å². The summed E-state index contributed by atoms with van der Waals surface area (Å²) in [6, 6.07) is 3.42. The van der Waals surface area contributed by atoms with E-state index in [9.17, 15) is 31.5 Å². The molecule has 1 aliphatic rings. The Bertz CT molecular complexity index is 1110. The van der Waals surface area contributed by atoms with Crippen LogP contribution in [0.2, 0.25) is 0 Å². The normalized spacial score (nSPS) is 24.5. The lowest BCUT2D eigenvalue weighted by atomic mass is 9.77. The monoisotopic (exact) mass is 488 g/mol. The molecule has 1 aliphatic heterocycles. The number of ether oxygens (including phenoxy) is 2. The van der Waals surface area contributed by atoms with Gasteiger partial charge in [0.25, 0.3) is 5.91 Å². The summed E-state index contributed by atoms with van der Waals surface area (Å²) in [6.07, 6.45) is -5.43. The number of pyridine rings is 1. The van der Waals surface area contributed by atoms with E-state index in [1.165, 1.54) is 25.3 Å². The van der Waals surface area contributed by atoms with Crippen LogP contribution in [0.25, 0.3) is 0 Å². The molecule has 0 bridgehead atoms. The smallest absolute Gasteiger partial charge is 0.417 e. The lowest BCUT2D eigenvalue weighted by Crippen LogP contribution is -2.47. The van der Waals surface area contributed by atoms with Crippen LogP contribution in [0.15, 0.2) is 30.5 Å². The number of rotatable bonds is 5. The Hall–Kier alpha value is -3.48. The van der Waals surface area contributed by atoms with Crippen molar-refractivity contribution in [2.75, 3.05) is 17.7 Å². The number of alkyl halides is 3. The lowest BCUT2D eigenvalue weighted by Gasteiger charge is -2.32. The van der Waals surface area contributed by atoms with E-state index in [1.807, 2.05) is 0 Å². The number of urea groups is 1. The molecule has 1 aromatic heterocycles. The van der Waals surface area contributed by atoms with Gasteiger partial charge in [-0.05, 0) is 19.1 Å². The van der Waals surface area contributed by atoms with Gasteiger partial charge in [0.05, 0.1) is 7.11 Å². The van der Waals surface area contributed by atoms with Crippen LogP contribution in [0.5, 0.6) is 5.75 Å². The molecule has 184 valence electrons. The number of primary amides is 1. The van der Waals surface area contributed by atoms with Crippen LogP contribution in [0, 0.1) is 17.6 Å². The highest BCUT2D eigenvalue weighted by molar-refractivity contribution is 5.96. The molecule has 0 saturated carbocycles. The van der Waals surface area contributed by atoms with Crippen molar-refractivity contribution in [3.63, 3.8) is 0 Å². The van der Waals surface area contributed by atoms with Crippen LogP contribution in [-0.2, 0) is 9.53 Å². The molecule has 4 N–H and O–H groups in total. The molecular weight excluding hydrogens is 467 g/mol. The minimum absolute atomic E-state index is 0.0232. The molecular formula is C21H21F5N4O4. The van der Waals surface area contributed by atoms with Crippen molar-refractivity contribution in [2.45, 2.75) is 37.6 Å². The third-order valence-corrected chi connectivity index (χ3v) is 5.85. The third-order valence-electron chi connectivity index (χ3n) is 5.85. The van der Waals surface area contributed by atoms with Crippen molar-refractivity contribution in [1.82, 2.24) is 4.98 Å². The molecule has 1 fully saturated rings. The van der Waals surface area contributed by atoms with E-state index < -0.39 is 59.0 Å². The van der Waals surface area contributed by atoms with Gasteiger partial charge in [-0.2, -0.15) is 17.6 Å². The highest BCUT2D eigenvalue weighted by atomic mass is 19.4. The molecule has 1 saturated heterocycles. The molecule has 34 heavy (non-hydrogen) atoms. The Labute approximate surface area is 190 Å². The third kappa shape index (κ3) is 4.47. The summed E-state index contributed by atoms with van der Waals surface area (Å²) >= 11 is 0. The second kappa shape index (κ2) is 9.05. The van der Waals surface area contributed by atoms with Crippen molar-refractivity contribution >= 4 is 23.4 Å². The summed E-state index contributed by atoms with van der Waals surface area (Å²) in [4.78, 5) is 27.9. The van der Waals surface area contributed by atoms with Crippen LogP contribution in [0.4, 0.5) is 38.3 Å². The molecule has 3 rings (SSSR count). The first-order chi connectivity index (χ1) is 15.8. The lowest BCUT2D eigenvalue weighted by molar-refractivity contribution is -0.272. The maximum atomic E-state index is 14.4. The summed E-state index contributed by atoms with van der Waals surface area (Å²) < 4.78 is 80.2. The number of nitrogens with zero attached hydrogens (tertiary/aromatic N) is 1. The topological polar surface area (TPSA) is 116 Å². The second-order valence-corrected chi connectivity index (χ2v) is 7.85. The summed E-state index contributed by atoms with van der Waals surface area (Å²) in [5.41, 5.74) is 2.14. The predicted molar refractivity (Wildman–Crippen MR) is 110 cm³/mol. The number of hydrogen-bond acceptors (Lipinski definition) is 5. The molecule has 2 heterocycles. The number of nitrogens with one attached hydrogen (secondary N) is 2. The van der Waals surface area contributed by atoms with E-state index in [4.69, 9.17) is 15.2 Å². The fraction of sp³-hybridized carbons (Fsp3) is 0.381. The maximum absolute atomic E-state index is 14.4. The quantitative estimate of drug-likeness (QED) is 0.552. The Kier molecular flexibility index (Phi) is 6.69. The number of benzene rings is 1. The Morgan fingerprint density at radius 3 is 2.47 bits per heavy atom. The van der Waals surface area contributed by atoms with E-state index >= 15 is 0 Å². The molecule has 13 heteroatoms. The van der Waals surface area contributed by atoms with E-state index in [0.717, 1.165) is 26.2 Å². The van der Waals surface area contributed by atoms with E-state index in [1.54, 1.807) is 0 Å². The molecule has 0 radical (unpaired) electrons. The fourth-order valence-corrected chi connectivity index (χ4v) is 3.96. The van der Waals surface area contributed by atoms with Crippen LogP contribution in [0.1, 0.15) is 25.3 Å². The van der Waals surface area contributed by atoms with E-state index in [0.29, 0.717) is 0 Å². The van der Waals surface area contributed by atoms with Gasteiger partial charge in [-0.25, -0.2) is 14.2 Å². The highest BCUT2D eigenvalue weighted by Crippen LogP contribution is 2.55. The van der Waals surface area contributed by atoms with Crippen LogP contribution >= 0.6 is 0 Å². The molecule has 0 spiro atoms. The van der Waals surface area contributed by atoms with Crippen molar-refractivity contribution < 1.29 is 41.0 Å². The number of nitrogens with two attached hydrogens (primary N) is 1. The van der Waals surface area contributed by atoms with E-state index in [2.05, 4.69) is 15.6 Å². The summed E-state index contributed by atoms with van der Waals surface area (Å²) in [5.74, 6) is -7.06. The first kappa shape index (κ1) is 25.1. The Morgan fingerprint density at radius 1 is 1.21 bits per heavy atom. The van der Waals surface area contributed by atoms with Gasteiger partial charge in [0.2, 0.25) is 5.82 Å². The van der Waals surface area contributed by atoms with Gasteiger partial charge < -0.3 is 20.5 Å². The SMILES string of the molecule is COc1c([C@H]2[C@H](C(=O)Nc3ccnc(NC(N)=O)c3)O[C@@](C)(C(F)(F)F)[C@H]2C)ccc(F)c1F. The number of carbonyl (C=O) groups is 2. The molecule has 3 amide bonds. The number of anilines is 2. The molecule has 8 nitrogen and oxygen atoms in total. The maximum Gasteiger partial charge on any atom is 0.417 e. The molecule has 2 aromatic rings. The van der Waals surface area contributed by atoms with Gasteiger partial charge in [-0.1, -0.05) is 13.0 Å².